The van der Waals surface area contributed by atoms with E-state index in [-0.39, 0.29) is 0 Å². The lowest BCUT2D eigenvalue weighted by atomic mass is 10.2. The molecule has 2 aromatic rings. The Kier molecular flexibility index (Phi) is 4.84. The van der Waals surface area contributed by atoms with Crippen molar-refractivity contribution < 1.29 is 4.74 Å². The van der Waals surface area contributed by atoms with Crippen LogP contribution >= 0.6 is 27.5 Å². The average Bonchev–Trinajstić information content (AvgIpc) is 3.30. The highest BCUT2D eigenvalue weighted by molar-refractivity contribution is 9.10. The molecule has 1 aliphatic carbocycles. The molecular weight excluding hydrogens is 350 g/mol. The van der Waals surface area contributed by atoms with Gasteiger partial charge in [-0.05, 0) is 36.6 Å². The first kappa shape index (κ1) is 14.9. The van der Waals surface area contributed by atoms with Gasteiger partial charge in [0.2, 0.25) is 0 Å². The number of para-hydroxylation sites is 1. The fourth-order valence-corrected chi connectivity index (χ4v) is 2.65. The maximum Gasteiger partial charge on any atom is 0.142 e. The zero-order valence-electron chi connectivity index (χ0n) is 11.6. The first-order chi connectivity index (χ1) is 10.2. The van der Waals surface area contributed by atoms with Crippen LogP contribution < -0.4 is 10.1 Å². The van der Waals surface area contributed by atoms with Crippen LogP contribution in [-0.2, 0) is 13.2 Å². The van der Waals surface area contributed by atoms with E-state index < -0.39 is 0 Å². The van der Waals surface area contributed by atoms with Crippen molar-refractivity contribution >= 4 is 27.5 Å². The minimum Gasteiger partial charge on any atom is -0.487 e. The van der Waals surface area contributed by atoms with E-state index in [4.69, 9.17) is 16.3 Å². The Bertz CT molecular complexity index is 611. The first-order valence-corrected chi connectivity index (χ1v) is 8.27. The number of rotatable bonds is 6. The molecule has 21 heavy (non-hydrogen) atoms. The van der Waals surface area contributed by atoms with Gasteiger partial charge >= 0.3 is 0 Å². The molecule has 0 unspecified atom stereocenters. The quantitative estimate of drug-likeness (QED) is 0.782. The SMILES string of the molecule is Clc1cccc(CNC2CC2)c1OCc1ccc(Br)cc1. The molecule has 4 heteroatoms. The zero-order chi connectivity index (χ0) is 14.7. The summed E-state index contributed by atoms with van der Waals surface area (Å²) >= 11 is 9.73. The van der Waals surface area contributed by atoms with Crippen molar-refractivity contribution in [1.82, 2.24) is 5.32 Å². The van der Waals surface area contributed by atoms with Gasteiger partial charge in [-0.2, -0.15) is 0 Å². The van der Waals surface area contributed by atoms with Gasteiger partial charge in [0.15, 0.2) is 0 Å². The molecule has 0 amide bonds. The van der Waals surface area contributed by atoms with E-state index in [0.717, 1.165) is 27.9 Å². The minimum atomic E-state index is 0.521. The summed E-state index contributed by atoms with van der Waals surface area (Å²) < 4.78 is 7.03. The van der Waals surface area contributed by atoms with Gasteiger partial charge in [-0.3, -0.25) is 0 Å². The molecule has 0 aromatic heterocycles. The van der Waals surface area contributed by atoms with E-state index in [1.807, 2.05) is 36.4 Å². The summed E-state index contributed by atoms with van der Waals surface area (Å²) in [6.45, 7) is 1.33. The third kappa shape index (κ3) is 4.22. The molecule has 2 nitrogen and oxygen atoms in total. The van der Waals surface area contributed by atoms with Gasteiger partial charge in [-0.25, -0.2) is 0 Å². The second kappa shape index (κ2) is 6.82. The predicted molar refractivity (Wildman–Crippen MR) is 89.8 cm³/mol. The monoisotopic (exact) mass is 365 g/mol. The number of halogens is 2. The van der Waals surface area contributed by atoms with Gasteiger partial charge in [-0.15, -0.1) is 0 Å². The van der Waals surface area contributed by atoms with Crippen LogP contribution in [0.15, 0.2) is 46.9 Å². The molecule has 1 fully saturated rings. The van der Waals surface area contributed by atoms with Crippen molar-refractivity contribution in [3.05, 3.63) is 63.1 Å². The Hall–Kier alpha value is -1.03. The van der Waals surface area contributed by atoms with Crippen molar-refractivity contribution in [1.29, 1.82) is 0 Å². The molecule has 0 aliphatic heterocycles. The van der Waals surface area contributed by atoms with Crippen molar-refractivity contribution in [2.75, 3.05) is 0 Å². The standard InChI is InChI=1S/C17H17BrClNO/c18-14-6-4-12(5-7-14)11-21-17-13(2-1-3-16(17)19)10-20-15-8-9-15/h1-7,15,20H,8-11H2. The Balaban J connectivity index is 1.69. The van der Waals surface area contributed by atoms with E-state index >= 15 is 0 Å². The lowest BCUT2D eigenvalue weighted by Crippen LogP contribution is -2.16. The predicted octanol–water partition coefficient (Wildman–Crippen LogP) is 4.93. The van der Waals surface area contributed by atoms with E-state index in [1.165, 1.54) is 12.8 Å². The van der Waals surface area contributed by atoms with E-state index in [0.29, 0.717) is 17.7 Å². The number of hydrogen-bond donors (Lipinski definition) is 1. The van der Waals surface area contributed by atoms with Crippen molar-refractivity contribution in [2.45, 2.75) is 32.0 Å². The molecule has 1 saturated carbocycles. The van der Waals surface area contributed by atoms with E-state index in [9.17, 15) is 0 Å². The lowest BCUT2D eigenvalue weighted by Gasteiger charge is -2.14. The maximum absolute atomic E-state index is 6.29. The summed E-state index contributed by atoms with van der Waals surface area (Å²) in [5.74, 6) is 0.787. The maximum atomic E-state index is 6.29. The normalized spacial score (nSPS) is 14.2. The van der Waals surface area contributed by atoms with Gasteiger partial charge < -0.3 is 10.1 Å². The third-order valence-corrected chi connectivity index (χ3v) is 4.33. The fraction of sp³-hybridized carbons (Fsp3) is 0.294. The summed E-state index contributed by atoms with van der Waals surface area (Å²) in [5.41, 5.74) is 2.24. The van der Waals surface area contributed by atoms with Crippen molar-refractivity contribution in [3.8, 4) is 5.75 Å². The van der Waals surface area contributed by atoms with Crippen LogP contribution in [0.2, 0.25) is 5.02 Å². The molecule has 1 N–H and O–H groups in total. The summed E-state index contributed by atoms with van der Waals surface area (Å²) in [5, 5.41) is 4.17. The van der Waals surface area contributed by atoms with Gasteiger partial charge in [0.05, 0.1) is 5.02 Å². The van der Waals surface area contributed by atoms with Crippen LogP contribution in [0.5, 0.6) is 5.75 Å². The summed E-state index contributed by atoms with van der Waals surface area (Å²) in [7, 11) is 0. The Morgan fingerprint density at radius 3 is 2.62 bits per heavy atom. The van der Waals surface area contributed by atoms with E-state index in [2.05, 4.69) is 27.3 Å². The van der Waals surface area contributed by atoms with Crippen LogP contribution in [0.25, 0.3) is 0 Å². The topological polar surface area (TPSA) is 21.3 Å². The van der Waals surface area contributed by atoms with Crippen LogP contribution in [-0.4, -0.2) is 6.04 Å². The Morgan fingerprint density at radius 2 is 1.90 bits per heavy atom. The van der Waals surface area contributed by atoms with Gasteiger partial charge in [0.25, 0.3) is 0 Å². The zero-order valence-corrected chi connectivity index (χ0v) is 14.0. The van der Waals surface area contributed by atoms with Crippen LogP contribution in [0.3, 0.4) is 0 Å². The second-order valence-corrected chi connectivity index (χ2v) is 6.62. The van der Waals surface area contributed by atoms with Crippen LogP contribution in [0, 0.1) is 0 Å². The average molecular weight is 367 g/mol. The number of benzene rings is 2. The first-order valence-electron chi connectivity index (χ1n) is 7.10. The molecular formula is C17H17BrClNO. The van der Waals surface area contributed by atoms with E-state index in [1.54, 1.807) is 0 Å². The highest BCUT2D eigenvalue weighted by atomic mass is 79.9. The van der Waals surface area contributed by atoms with Gasteiger partial charge in [-0.1, -0.05) is 51.8 Å². The lowest BCUT2D eigenvalue weighted by molar-refractivity contribution is 0.302. The highest BCUT2D eigenvalue weighted by Gasteiger charge is 2.21. The summed E-state index contributed by atoms with van der Waals surface area (Å²) in [6, 6.07) is 14.7. The fourth-order valence-electron chi connectivity index (χ4n) is 2.13. The molecule has 3 rings (SSSR count). The molecule has 110 valence electrons. The number of nitrogens with one attached hydrogen (secondary N) is 1. The van der Waals surface area contributed by atoms with Crippen molar-refractivity contribution in [2.24, 2.45) is 0 Å². The Labute approximate surface area is 138 Å². The molecule has 1 aliphatic rings. The molecule has 0 saturated heterocycles. The third-order valence-electron chi connectivity index (χ3n) is 3.50. The molecule has 0 radical (unpaired) electrons. The van der Waals surface area contributed by atoms with Gasteiger partial charge in [0, 0.05) is 22.6 Å². The molecule has 0 heterocycles. The molecule has 0 bridgehead atoms. The summed E-state index contributed by atoms with van der Waals surface area (Å²) in [4.78, 5) is 0. The Morgan fingerprint density at radius 1 is 1.14 bits per heavy atom. The highest BCUT2D eigenvalue weighted by Crippen LogP contribution is 2.30. The number of hydrogen-bond acceptors (Lipinski definition) is 2. The van der Waals surface area contributed by atoms with Gasteiger partial charge in [0.1, 0.15) is 12.4 Å². The van der Waals surface area contributed by atoms with Crippen molar-refractivity contribution in [3.63, 3.8) is 0 Å². The molecule has 0 atom stereocenters. The minimum absolute atomic E-state index is 0.521. The largest absolute Gasteiger partial charge is 0.487 e. The van der Waals surface area contributed by atoms with Crippen LogP contribution in [0.4, 0.5) is 0 Å². The number of ether oxygens (including phenoxy) is 1. The van der Waals surface area contributed by atoms with Crippen LogP contribution in [0.1, 0.15) is 24.0 Å². The smallest absolute Gasteiger partial charge is 0.142 e. The summed E-state index contributed by atoms with van der Waals surface area (Å²) in [6.07, 6.45) is 2.55. The molecule has 2 aromatic carbocycles. The molecule has 0 spiro atoms. The second-order valence-electron chi connectivity index (χ2n) is 5.30.